The summed E-state index contributed by atoms with van der Waals surface area (Å²) in [5, 5.41) is 10.5. The van der Waals surface area contributed by atoms with Crippen LogP contribution in [0.2, 0.25) is 0 Å². The minimum absolute atomic E-state index is 0.127. The van der Waals surface area contributed by atoms with E-state index in [1.165, 1.54) is 5.56 Å². The molecule has 0 radical (unpaired) electrons. The second-order valence-corrected chi connectivity index (χ2v) is 7.81. The van der Waals surface area contributed by atoms with Crippen molar-refractivity contribution < 1.29 is 5.11 Å². The third-order valence-electron chi connectivity index (χ3n) is 3.29. The Morgan fingerprint density at radius 3 is 1.80 bits per heavy atom. The molecule has 0 aliphatic rings. The molecular weight excluding hydrogens is 380 g/mol. The molecule has 0 spiro atoms. The molecule has 0 heterocycles. The zero-order valence-corrected chi connectivity index (χ0v) is 15.0. The normalized spacial score (nSPS) is 13.3. The Morgan fingerprint density at radius 2 is 1.35 bits per heavy atom. The summed E-state index contributed by atoms with van der Waals surface area (Å²) >= 11 is 6.90. The van der Waals surface area contributed by atoms with Crippen LogP contribution in [-0.2, 0) is 5.41 Å². The minimum Gasteiger partial charge on any atom is -0.384 e. The molecule has 0 bridgehead atoms. The number of aliphatic hydroxyl groups excluding tert-OH is 1. The Kier molecular flexibility index (Phi) is 4.73. The summed E-state index contributed by atoms with van der Waals surface area (Å²) in [4.78, 5) is 0. The Hall–Kier alpha value is -0.640. The van der Waals surface area contributed by atoms with Gasteiger partial charge in [-0.05, 0) is 40.3 Å². The van der Waals surface area contributed by atoms with Crippen LogP contribution in [0, 0.1) is 0 Å². The highest BCUT2D eigenvalue weighted by molar-refractivity contribution is 9.11. The molecule has 0 amide bonds. The SMILES string of the molecule is CC(C)(C)c1ccc(C(O)c2cc(Br)cc(Br)c2)cc1. The van der Waals surface area contributed by atoms with Gasteiger partial charge in [0, 0.05) is 8.95 Å². The second kappa shape index (κ2) is 6.00. The summed E-state index contributed by atoms with van der Waals surface area (Å²) in [6.45, 7) is 6.55. The maximum atomic E-state index is 10.5. The summed E-state index contributed by atoms with van der Waals surface area (Å²) in [7, 11) is 0. The van der Waals surface area contributed by atoms with Crippen LogP contribution < -0.4 is 0 Å². The summed E-state index contributed by atoms with van der Waals surface area (Å²) in [5.41, 5.74) is 3.17. The van der Waals surface area contributed by atoms with Crippen LogP contribution in [0.1, 0.15) is 43.6 Å². The fourth-order valence-electron chi connectivity index (χ4n) is 2.09. The molecule has 1 unspecified atom stereocenters. The van der Waals surface area contributed by atoms with E-state index in [1.54, 1.807) is 0 Å². The molecule has 0 saturated heterocycles. The largest absolute Gasteiger partial charge is 0.384 e. The predicted molar refractivity (Wildman–Crippen MR) is 91.0 cm³/mol. The van der Waals surface area contributed by atoms with Crippen LogP contribution >= 0.6 is 31.9 Å². The zero-order chi connectivity index (χ0) is 14.9. The molecular formula is C17H18Br2O. The van der Waals surface area contributed by atoms with Gasteiger partial charge in [-0.2, -0.15) is 0 Å². The van der Waals surface area contributed by atoms with E-state index in [0.717, 1.165) is 20.1 Å². The highest BCUT2D eigenvalue weighted by Gasteiger charge is 2.16. The molecule has 2 aromatic rings. The average molecular weight is 398 g/mol. The average Bonchev–Trinajstić information content (AvgIpc) is 2.36. The summed E-state index contributed by atoms with van der Waals surface area (Å²) in [6.07, 6.45) is -0.613. The van der Waals surface area contributed by atoms with Gasteiger partial charge in [0.1, 0.15) is 6.10 Å². The second-order valence-electron chi connectivity index (χ2n) is 5.98. The number of rotatable bonds is 2. The first-order chi connectivity index (χ1) is 9.27. The van der Waals surface area contributed by atoms with Crippen molar-refractivity contribution in [2.24, 2.45) is 0 Å². The van der Waals surface area contributed by atoms with Gasteiger partial charge in [-0.15, -0.1) is 0 Å². The third-order valence-corrected chi connectivity index (χ3v) is 4.21. The lowest BCUT2D eigenvalue weighted by molar-refractivity contribution is 0.220. The van der Waals surface area contributed by atoms with E-state index >= 15 is 0 Å². The molecule has 1 atom stereocenters. The molecule has 2 aromatic carbocycles. The Bertz CT molecular complexity index is 577. The lowest BCUT2D eigenvalue weighted by Gasteiger charge is -2.20. The zero-order valence-electron chi connectivity index (χ0n) is 11.8. The molecule has 1 nitrogen and oxygen atoms in total. The first kappa shape index (κ1) is 15.7. The molecule has 20 heavy (non-hydrogen) atoms. The van der Waals surface area contributed by atoms with Gasteiger partial charge in [-0.3, -0.25) is 0 Å². The summed E-state index contributed by atoms with van der Waals surface area (Å²) < 4.78 is 1.90. The van der Waals surface area contributed by atoms with E-state index in [9.17, 15) is 5.11 Å². The molecule has 0 fully saturated rings. The molecule has 2 rings (SSSR count). The van der Waals surface area contributed by atoms with Crippen LogP contribution in [-0.4, -0.2) is 5.11 Å². The molecule has 0 saturated carbocycles. The monoisotopic (exact) mass is 396 g/mol. The van der Waals surface area contributed by atoms with Crippen molar-refractivity contribution in [3.05, 3.63) is 68.1 Å². The lowest BCUT2D eigenvalue weighted by atomic mass is 9.86. The quantitative estimate of drug-likeness (QED) is 0.700. The molecule has 3 heteroatoms. The smallest absolute Gasteiger partial charge is 0.104 e. The van der Waals surface area contributed by atoms with Crippen molar-refractivity contribution in [3.8, 4) is 0 Å². The van der Waals surface area contributed by atoms with E-state index in [1.807, 2.05) is 30.3 Å². The molecule has 0 aliphatic carbocycles. The minimum atomic E-state index is -0.613. The summed E-state index contributed by atoms with van der Waals surface area (Å²) in [6, 6.07) is 14.0. The van der Waals surface area contributed by atoms with E-state index in [2.05, 4.69) is 64.8 Å². The lowest BCUT2D eigenvalue weighted by Crippen LogP contribution is -2.11. The van der Waals surface area contributed by atoms with Gasteiger partial charge in [-0.1, -0.05) is 76.9 Å². The van der Waals surface area contributed by atoms with E-state index in [-0.39, 0.29) is 5.41 Å². The fourth-order valence-corrected chi connectivity index (χ4v) is 3.42. The van der Waals surface area contributed by atoms with Crippen LogP contribution in [0.3, 0.4) is 0 Å². The topological polar surface area (TPSA) is 20.2 Å². The van der Waals surface area contributed by atoms with Crippen molar-refractivity contribution in [2.75, 3.05) is 0 Å². The number of hydrogen-bond donors (Lipinski definition) is 1. The molecule has 0 aliphatic heterocycles. The third kappa shape index (κ3) is 3.72. The first-order valence-corrected chi connectivity index (χ1v) is 8.10. The molecule has 0 aromatic heterocycles. The van der Waals surface area contributed by atoms with E-state index in [0.29, 0.717) is 0 Å². The van der Waals surface area contributed by atoms with Crippen LogP contribution in [0.25, 0.3) is 0 Å². The Labute approximate surface area is 137 Å². The summed E-state index contributed by atoms with van der Waals surface area (Å²) in [5.74, 6) is 0. The fraction of sp³-hybridized carbons (Fsp3) is 0.294. The Morgan fingerprint density at radius 1 is 0.850 bits per heavy atom. The molecule has 1 N–H and O–H groups in total. The van der Waals surface area contributed by atoms with Gasteiger partial charge in [0.15, 0.2) is 0 Å². The van der Waals surface area contributed by atoms with Crippen molar-refractivity contribution in [1.82, 2.24) is 0 Å². The highest BCUT2D eigenvalue weighted by atomic mass is 79.9. The molecule has 106 valence electrons. The number of aliphatic hydroxyl groups is 1. The van der Waals surface area contributed by atoms with Crippen molar-refractivity contribution in [3.63, 3.8) is 0 Å². The van der Waals surface area contributed by atoms with Crippen molar-refractivity contribution in [1.29, 1.82) is 0 Å². The number of halogens is 2. The van der Waals surface area contributed by atoms with E-state index in [4.69, 9.17) is 0 Å². The van der Waals surface area contributed by atoms with Crippen molar-refractivity contribution in [2.45, 2.75) is 32.3 Å². The first-order valence-electron chi connectivity index (χ1n) is 6.52. The number of benzene rings is 2. The maximum Gasteiger partial charge on any atom is 0.104 e. The number of hydrogen-bond acceptors (Lipinski definition) is 1. The van der Waals surface area contributed by atoms with Gasteiger partial charge in [0.2, 0.25) is 0 Å². The van der Waals surface area contributed by atoms with Gasteiger partial charge in [0.25, 0.3) is 0 Å². The van der Waals surface area contributed by atoms with E-state index < -0.39 is 6.10 Å². The van der Waals surface area contributed by atoms with Gasteiger partial charge in [0.05, 0.1) is 0 Å². The van der Waals surface area contributed by atoms with Gasteiger partial charge >= 0.3 is 0 Å². The highest BCUT2D eigenvalue weighted by Crippen LogP contribution is 2.29. The van der Waals surface area contributed by atoms with Gasteiger partial charge < -0.3 is 5.11 Å². The van der Waals surface area contributed by atoms with Crippen molar-refractivity contribution >= 4 is 31.9 Å². The maximum absolute atomic E-state index is 10.5. The van der Waals surface area contributed by atoms with Crippen LogP contribution in [0.4, 0.5) is 0 Å². The van der Waals surface area contributed by atoms with Gasteiger partial charge in [-0.25, -0.2) is 0 Å². The van der Waals surface area contributed by atoms with Crippen LogP contribution in [0.15, 0.2) is 51.4 Å². The Balaban J connectivity index is 2.31. The van der Waals surface area contributed by atoms with Crippen LogP contribution in [0.5, 0.6) is 0 Å². The standard InChI is InChI=1S/C17H18Br2O/c1-17(2,3)13-6-4-11(5-7-13)16(20)12-8-14(18)10-15(19)9-12/h4-10,16,20H,1-3H3. The predicted octanol–water partition coefficient (Wildman–Crippen LogP) is 5.59.